The first kappa shape index (κ1) is 35.5. The van der Waals surface area contributed by atoms with Crippen molar-refractivity contribution in [1.82, 2.24) is 4.57 Å². The molecule has 1 heterocycles. The number of aromatic nitrogens is 1. The van der Waals surface area contributed by atoms with E-state index >= 15 is 0 Å². The summed E-state index contributed by atoms with van der Waals surface area (Å²) in [5, 5.41) is 5.01. The largest absolute Gasteiger partial charge is 0.310 e. The molecule has 0 bridgehead atoms. The van der Waals surface area contributed by atoms with Crippen molar-refractivity contribution in [3.05, 3.63) is 242 Å². The van der Waals surface area contributed by atoms with Gasteiger partial charge in [0, 0.05) is 44.7 Å². The molecule has 1 aliphatic carbocycles. The summed E-state index contributed by atoms with van der Waals surface area (Å²) >= 11 is 0. The Morgan fingerprint density at radius 3 is 1.77 bits per heavy atom. The second-order valence-corrected chi connectivity index (χ2v) is 15.7. The van der Waals surface area contributed by atoms with Crippen LogP contribution in [-0.2, 0) is 0 Å². The molecule has 2 nitrogen and oxygen atoms in total. The van der Waals surface area contributed by atoms with Crippen molar-refractivity contribution < 1.29 is 0 Å². The van der Waals surface area contributed by atoms with Crippen LogP contribution in [0, 0.1) is 0 Å². The smallest absolute Gasteiger partial charge is 0.0619 e. The van der Waals surface area contributed by atoms with Gasteiger partial charge in [-0.15, -0.1) is 0 Å². The van der Waals surface area contributed by atoms with E-state index in [4.69, 9.17) is 0 Å². The Bertz CT molecular complexity index is 3210. The molecule has 1 aliphatic rings. The molecule has 60 heavy (non-hydrogen) atoms. The molecule has 11 rings (SSSR count). The maximum absolute atomic E-state index is 2.47. The van der Waals surface area contributed by atoms with Crippen LogP contribution in [0.2, 0.25) is 0 Å². The van der Waals surface area contributed by atoms with Gasteiger partial charge in [-0.3, -0.25) is 0 Å². The van der Waals surface area contributed by atoms with E-state index in [1.54, 1.807) is 0 Å². The van der Waals surface area contributed by atoms with E-state index in [9.17, 15) is 0 Å². The monoisotopic (exact) mass is 766 g/mol. The number of allylic oxidation sites excluding steroid dienone is 4. The van der Waals surface area contributed by atoms with E-state index in [1.807, 2.05) is 0 Å². The highest BCUT2D eigenvalue weighted by atomic mass is 15.1. The zero-order chi connectivity index (χ0) is 39.8. The van der Waals surface area contributed by atoms with Crippen LogP contribution in [0.3, 0.4) is 0 Å². The van der Waals surface area contributed by atoms with Crippen molar-refractivity contribution in [2.24, 2.45) is 0 Å². The number of hydrogen-bond acceptors (Lipinski definition) is 1. The van der Waals surface area contributed by atoms with Crippen LogP contribution < -0.4 is 4.90 Å². The van der Waals surface area contributed by atoms with Gasteiger partial charge in [0.2, 0.25) is 0 Å². The summed E-state index contributed by atoms with van der Waals surface area (Å²) in [6.45, 7) is 0. The van der Waals surface area contributed by atoms with E-state index in [0.717, 1.165) is 34.7 Å². The highest BCUT2D eigenvalue weighted by Crippen LogP contribution is 2.43. The van der Waals surface area contributed by atoms with Crippen molar-refractivity contribution >= 4 is 49.6 Å². The van der Waals surface area contributed by atoms with Crippen LogP contribution in [0.1, 0.15) is 17.9 Å². The zero-order valence-corrected chi connectivity index (χ0v) is 33.2. The molecule has 0 aliphatic heterocycles. The maximum Gasteiger partial charge on any atom is 0.0619 e. The van der Waals surface area contributed by atoms with Gasteiger partial charge in [0.05, 0.1) is 16.7 Å². The lowest BCUT2D eigenvalue weighted by atomic mass is 9.89. The Balaban J connectivity index is 1.07. The van der Waals surface area contributed by atoms with Gasteiger partial charge in [0.1, 0.15) is 0 Å². The van der Waals surface area contributed by atoms with E-state index in [2.05, 4.69) is 246 Å². The van der Waals surface area contributed by atoms with Crippen molar-refractivity contribution in [3.63, 3.8) is 0 Å². The van der Waals surface area contributed by atoms with Gasteiger partial charge < -0.3 is 9.47 Å². The first-order chi connectivity index (χ1) is 29.8. The molecule has 0 radical (unpaired) electrons. The second kappa shape index (κ2) is 15.2. The zero-order valence-electron chi connectivity index (χ0n) is 33.2. The molecular weight excluding hydrogens is 725 g/mol. The van der Waals surface area contributed by atoms with Gasteiger partial charge in [-0.05, 0) is 93.7 Å². The van der Waals surface area contributed by atoms with Crippen LogP contribution >= 0.6 is 0 Å². The molecular formula is C58H42N2. The second-order valence-electron chi connectivity index (χ2n) is 15.7. The molecule has 0 spiro atoms. The number of rotatable bonds is 8. The Morgan fingerprint density at radius 2 is 1.03 bits per heavy atom. The fraction of sp³-hybridized carbons (Fsp3) is 0.0345. The predicted molar refractivity (Wildman–Crippen MR) is 255 cm³/mol. The van der Waals surface area contributed by atoms with Gasteiger partial charge in [-0.2, -0.15) is 0 Å². The Kier molecular flexibility index (Phi) is 9.02. The van der Waals surface area contributed by atoms with Gasteiger partial charge >= 0.3 is 0 Å². The van der Waals surface area contributed by atoms with Crippen molar-refractivity contribution in [3.8, 4) is 39.1 Å². The van der Waals surface area contributed by atoms with E-state index in [-0.39, 0.29) is 0 Å². The molecule has 1 unspecified atom stereocenters. The third kappa shape index (κ3) is 6.40. The summed E-state index contributed by atoms with van der Waals surface area (Å²) in [4.78, 5) is 2.42. The molecule has 284 valence electrons. The highest BCUT2D eigenvalue weighted by Gasteiger charge is 2.20. The first-order valence-corrected chi connectivity index (χ1v) is 20.9. The molecule has 0 amide bonds. The number of benzene rings is 9. The quantitative estimate of drug-likeness (QED) is 0.150. The molecule has 1 aromatic heterocycles. The normalized spacial score (nSPS) is 13.6. The minimum absolute atomic E-state index is 0.302. The van der Waals surface area contributed by atoms with Crippen molar-refractivity contribution in [1.29, 1.82) is 0 Å². The summed E-state index contributed by atoms with van der Waals surface area (Å²) in [5.41, 5.74) is 15.4. The summed E-state index contributed by atoms with van der Waals surface area (Å²) in [7, 11) is 0. The summed E-state index contributed by atoms with van der Waals surface area (Å²) < 4.78 is 2.47. The highest BCUT2D eigenvalue weighted by molar-refractivity contribution is 6.18. The van der Waals surface area contributed by atoms with Crippen LogP contribution in [-0.4, -0.2) is 4.57 Å². The topological polar surface area (TPSA) is 8.17 Å². The fourth-order valence-electron chi connectivity index (χ4n) is 9.17. The summed E-state index contributed by atoms with van der Waals surface area (Å²) in [5.74, 6) is 0.302. The standard InChI is InChI=1S/C58H42N2/c1-4-16-41(17-5-1)44-28-33-49(34-29-44)59(51-39-47(42-18-6-2-7-19-42)38-48(40-51)43-20-8-3-9-21-43)50-35-30-46(31-36-50)52-23-12-14-26-56(52)60-57-27-15-13-25-54(57)55-37-32-45-22-10-11-24-53(45)58(55)60/h1-20,22-40,43H,21H2. The van der Waals surface area contributed by atoms with E-state index < -0.39 is 0 Å². The lowest BCUT2D eigenvalue weighted by Crippen LogP contribution is -2.11. The number of nitrogens with zero attached hydrogens (tertiary/aromatic N) is 2. The lowest BCUT2D eigenvalue weighted by Gasteiger charge is -2.28. The number of anilines is 3. The summed E-state index contributed by atoms with van der Waals surface area (Å²) in [6.07, 6.45) is 9.93. The molecule has 9 aromatic carbocycles. The molecule has 2 heteroatoms. The van der Waals surface area contributed by atoms with Crippen LogP contribution in [0.4, 0.5) is 17.1 Å². The minimum atomic E-state index is 0.302. The molecule has 0 saturated heterocycles. The van der Waals surface area contributed by atoms with Crippen LogP contribution in [0.5, 0.6) is 0 Å². The van der Waals surface area contributed by atoms with Gasteiger partial charge in [0.15, 0.2) is 0 Å². The lowest BCUT2D eigenvalue weighted by molar-refractivity contribution is 0.854. The number of fused-ring (bicyclic) bond motifs is 5. The minimum Gasteiger partial charge on any atom is -0.310 e. The maximum atomic E-state index is 2.47. The molecule has 10 aromatic rings. The molecule has 0 saturated carbocycles. The molecule has 0 N–H and O–H groups in total. The van der Waals surface area contributed by atoms with Crippen molar-refractivity contribution in [2.45, 2.75) is 12.3 Å². The molecule has 0 fully saturated rings. The SMILES string of the molecule is C1=CCC(c2cc(-c3ccccc3)cc(N(c3ccc(-c4ccccc4)cc3)c3ccc(-c4ccccc4-n4c5ccccc5c5ccc6ccccc6c54)cc3)c2)C=C1. The Morgan fingerprint density at radius 1 is 0.417 bits per heavy atom. The van der Waals surface area contributed by atoms with Crippen LogP contribution in [0.25, 0.3) is 71.6 Å². The predicted octanol–water partition coefficient (Wildman–Crippen LogP) is 16.0. The van der Waals surface area contributed by atoms with E-state index in [1.165, 1.54) is 66.0 Å². The summed E-state index contributed by atoms with van der Waals surface area (Å²) in [6, 6.07) is 77.6. The van der Waals surface area contributed by atoms with Crippen LogP contribution in [0.15, 0.2) is 237 Å². The van der Waals surface area contributed by atoms with E-state index in [0.29, 0.717) is 5.92 Å². The van der Waals surface area contributed by atoms with Gasteiger partial charge in [-0.1, -0.05) is 188 Å². The third-order valence-corrected chi connectivity index (χ3v) is 12.1. The van der Waals surface area contributed by atoms with Crippen molar-refractivity contribution in [2.75, 3.05) is 4.90 Å². The number of para-hydroxylation sites is 2. The number of hydrogen-bond donors (Lipinski definition) is 0. The average Bonchev–Trinajstić information content (AvgIpc) is 3.68. The van der Waals surface area contributed by atoms with Gasteiger partial charge in [0.25, 0.3) is 0 Å². The molecule has 1 atom stereocenters. The third-order valence-electron chi connectivity index (χ3n) is 12.1. The average molecular weight is 767 g/mol. The first-order valence-electron chi connectivity index (χ1n) is 20.9. The van der Waals surface area contributed by atoms with Gasteiger partial charge in [-0.25, -0.2) is 0 Å². The Labute approximate surface area is 351 Å². The fourth-order valence-corrected chi connectivity index (χ4v) is 9.17. The Hall–Kier alpha value is -7.68.